The summed E-state index contributed by atoms with van der Waals surface area (Å²) in [4.78, 5) is 4.03. The third-order valence-electron chi connectivity index (χ3n) is 3.41. The SMILES string of the molecule is CC.CC(C)(C)[SiH2]OCCN/N=C(\Cc1ccncc1)c1ccc(F)cc1. The largest absolute Gasteiger partial charge is 0.422 e. The van der Waals surface area contributed by atoms with E-state index < -0.39 is 9.76 Å². The predicted molar refractivity (Wildman–Crippen MR) is 114 cm³/mol. The predicted octanol–water partition coefficient (Wildman–Crippen LogP) is 4.10. The number of pyridine rings is 1. The maximum Gasteiger partial charge on any atom is 0.166 e. The molecule has 0 atom stereocenters. The van der Waals surface area contributed by atoms with E-state index in [9.17, 15) is 4.39 Å². The Hall–Kier alpha value is -2.05. The molecule has 1 heterocycles. The van der Waals surface area contributed by atoms with Gasteiger partial charge in [0.15, 0.2) is 9.76 Å². The zero-order chi connectivity index (χ0) is 20.1. The summed E-state index contributed by atoms with van der Waals surface area (Å²) in [5.74, 6) is -0.250. The summed E-state index contributed by atoms with van der Waals surface area (Å²) in [5.41, 5.74) is 5.95. The van der Waals surface area contributed by atoms with Gasteiger partial charge in [0.1, 0.15) is 5.82 Å². The van der Waals surface area contributed by atoms with E-state index in [4.69, 9.17) is 4.43 Å². The Morgan fingerprint density at radius 1 is 1.11 bits per heavy atom. The summed E-state index contributed by atoms with van der Waals surface area (Å²) >= 11 is 0. The second-order valence-corrected chi connectivity index (χ2v) is 9.94. The van der Waals surface area contributed by atoms with Crippen LogP contribution in [-0.2, 0) is 10.8 Å². The molecule has 148 valence electrons. The lowest BCUT2D eigenvalue weighted by Gasteiger charge is -2.17. The van der Waals surface area contributed by atoms with Gasteiger partial charge in [-0.1, -0.05) is 46.8 Å². The second kappa shape index (κ2) is 12.4. The van der Waals surface area contributed by atoms with Crippen molar-refractivity contribution in [3.63, 3.8) is 0 Å². The first kappa shape index (κ1) is 23.0. The molecule has 0 aliphatic carbocycles. The fourth-order valence-electron chi connectivity index (χ4n) is 2.19. The van der Waals surface area contributed by atoms with Gasteiger partial charge >= 0.3 is 0 Å². The lowest BCUT2D eigenvalue weighted by molar-refractivity contribution is 0.318. The molecule has 0 aliphatic heterocycles. The number of hydrogen-bond donors (Lipinski definition) is 1. The Morgan fingerprint density at radius 3 is 2.33 bits per heavy atom. The van der Waals surface area contributed by atoms with Crippen molar-refractivity contribution in [2.75, 3.05) is 13.2 Å². The van der Waals surface area contributed by atoms with E-state index in [1.807, 2.05) is 26.0 Å². The molecule has 0 bridgehead atoms. The highest BCUT2D eigenvalue weighted by atomic mass is 28.2. The number of rotatable bonds is 8. The van der Waals surface area contributed by atoms with Gasteiger partial charge < -0.3 is 9.85 Å². The number of hydrazone groups is 1. The maximum absolute atomic E-state index is 13.2. The first-order valence-corrected chi connectivity index (χ1v) is 10.7. The Bertz CT molecular complexity index is 670. The summed E-state index contributed by atoms with van der Waals surface area (Å²) in [6.07, 6.45) is 4.17. The van der Waals surface area contributed by atoms with Crippen molar-refractivity contribution in [1.82, 2.24) is 10.4 Å². The van der Waals surface area contributed by atoms with E-state index >= 15 is 0 Å². The van der Waals surface area contributed by atoms with Crippen molar-refractivity contribution in [2.24, 2.45) is 5.10 Å². The lowest BCUT2D eigenvalue weighted by atomic mass is 10.0. The monoisotopic (exact) mass is 389 g/mol. The smallest absolute Gasteiger partial charge is 0.166 e. The summed E-state index contributed by atoms with van der Waals surface area (Å²) in [6.45, 7) is 11.9. The molecule has 0 amide bonds. The molecule has 2 rings (SSSR count). The highest BCUT2D eigenvalue weighted by Crippen LogP contribution is 2.19. The Labute approximate surface area is 165 Å². The fraction of sp³-hybridized carbons (Fsp3) is 0.429. The van der Waals surface area contributed by atoms with Gasteiger partial charge in [0.05, 0.1) is 18.9 Å². The van der Waals surface area contributed by atoms with Crippen molar-refractivity contribution >= 4 is 15.5 Å². The van der Waals surface area contributed by atoms with E-state index in [1.54, 1.807) is 24.5 Å². The molecule has 0 spiro atoms. The number of nitrogens with one attached hydrogen (secondary N) is 1. The van der Waals surface area contributed by atoms with Crippen LogP contribution in [0, 0.1) is 5.82 Å². The van der Waals surface area contributed by atoms with Crippen LogP contribution in [-0.4, -0.2) is 33.6 Å². The minimum Gasteiger partial charge on any atom is -0.422 e. The van der Waals surface area contributed by atoms with Gasteiger partial charge in [-0.05, 0) is 40.4 Å². The minimum atomic E-state index is -0.537. The van der Waals surface area contributed by atoms with E-state index in [2.05, 4.69) is 36.3 Å². The van der Waals surface area contributed by atoms with Crippen LogP contribution in [0.1, 0.15) is 45.7 Å². The van der Waals surface area contributed by atoms with E-state index in [0.717, 1.165) is 16.8 Å². The molecule has 0 saturated carbocycles. The zero-order valence-corrected chi connectivity index (χ0v) is 18.5. The summed E-state index contributed by atoms with van der Waals surface area (Å²) in [7, 11) is -0.537. The number of hydrogen-bond acceptors (Lipinski definition) is 4. The van der Waals surface area contributed by atoms with Crippen LogP contribution in [0.15, 0.2) is 53.9 Å². The van der Waals surface area contributed by atoms with E-state index in [-0.39, 0.29) is 5.82 Å². The molecule has 1 N–H and O–H groups in total. The van der Waals surface area contributed by atoms with Gasteiger partial charge in [-0.15, -0.1) is 0 Å². The zero-order valence-electron chi connectivity index (χ0n) is 17.1. The minimum absolute atomic E-state index is 0.250. The van der Waals surface area contributed by atoms with Crippen molar-refractivity contribution in [1.29, 1.82) is 0 Å². The first-order chi connectivity index (χ1) is 12.9. The molecule has 2 aromatic rings. The summed E-state index contributed by atoms with van der Waals surface area (Å²) < 4.78 is 19.0. The molecule has 4 nitrogen and oxygen atoms in total. The highest BCUT2D eigenvalue weighted by molar-refractivity contribution is 6.31. The van der Waals surface area contributed by atoms with Crippen LogP contribution in [0.2, 0.25) is 5.04 Å². The normalized spacial score (nSPS) is 12.0. The number of nitrogens with zero attached hydrogens (tertiary/aromatic N) is 2. The Balaban J connectivity index is 0.00000176. The van der Waals surface area contributed by atoms with Crippen molar-refractivity contribution in [2.45, 2.75) is 46.1 Å². The van der Waals surface area contributed by atoms with Crippen LogP contribution < -0.4 is 5.43 Å². The molecular weight excluding hydrogens is 357 g/mol. The third-order valence-corrected chi connectivity index (χ3v) is 4.76. The number of benzene rings is 1. The molecule has 0 fully saturated rings. The number of aromatic nitrogens is 1. The van der Waals surface area contributed by atoms with Crippen LogP contribution in [0.4, 0.5) is 4.39 Å². The maximum atomic E-state index is 13.2. The van der Waals surface area contributed by atoms with Gasteiger partial charge in [-0.2, -0.15) is 5.10 Å². The summed E-state index contributed by atoms with van der Waals surface area (Å²) in [5, 5.41) is 4.81. The lowest BCUT2D eigenvalue weighted by Crippen LogP contribution is -2.21. The molecule has 0 saturated heterocycles. The molecule has 0 unspecified atom stereocenters. The quantitative estimate of drug-likeness (QED) is 0.320. The Morgan fingerprint density at radius 2 is 1.74 bits per heavy atom. The average molecular weight is 390 g/mol. The van der Waals surface area contributed by atoms with E-state index in [1.165, 1.54) is 12.1 Å². The molecule has 1 aromatic carbocycles. The second-order valence-electron chi connectivity index (χ2n) is 7.12. The number of halogens is 1. The fourth-order valence-corrected chi connectivity index (χ4v) is 3.09. The van der Waals surface area contributed by atoms with Crippen molar-refractivity contribution in [3.8, 4) is 0 Å². The summed E-state index contributed by atoms with van der Waals surface area (Å²) in [6, 6.07) is 10.3. The molecule has 0 radical (unpaired) electrons. The third kappa shape index (κ3) is 10.0. The van der Waals surface area contributed by atoms with Crippen molar-refractivity contribution in [3.05, 3.63) is 65.7 Å². The van der Waals surface area contributed by atoms with Crippen LogP contribution >= 0.6 is 0 Å². The van der Waals surface area contributed by atoms with Crippen LogP contribution in [0.3, 0.4) is 0 Å². The van der Waals surface area contributed by atoms with E-state index in [0.29, 0.717) is 24.6 Å². The molecule has 0 aliphatic rings. The van der Waals surface area contributed by atoms with Gasteiger partial charge in [-0.25, -0.2) is 4.39 Å². The van der Waals surface area contributed by atoms with Gasteiger partial charge in [0, 0.05) is 18.8 Å². The van der Waals surface area contributed by atoms with Gasteiger partial charge in [0.25, 0.3) is 0 Å². The standard InChI is InChI=1S/C19H26FN3OSi.C2H6/c1-19(2,3)25-24-13-12-22-23-18(14-15-8-10-21-11-9-15)16-4-6-17(20)7-5-16;1-2/h4-11,22H,12-14,25H2,1-3H3;1-2H3/b23-18+;. The van der Waals surface area contributed by atoms with Crippen LogP contribution in [0.25, 0.3) is 0 Å². The Kier molecular flexibility index (Phi) is 10.5. The molecule has 27 heavy (non-hydrogen) atoms. The van der Waals surface area contributed by atoms with Crippen LogP contribution in [0.5, 0.6) is 0 Å². The molecule has 6 heteroatoms. The highest BCUT2D eigenvalue weighted by Gasteiger charge is 2.11. The van der Waals surface area contributed by atoms with Gasteiger partial charge in [-0.3, -0.25) is 4.98 Å². The van der Waals surface area contributed by atoms with Gasteiger partial charge in [0.2, 0.25) is 0 Å². The van der Waals surface area contributed by atoms with Crippen molar-refractivity contribution < 1.29 is 8.82 Å². The molecular formula is C21H32FN3OSi. The first-order valence-electron chi connectivity index (χ1n) is 9.46. The molecule has 1 aromatic heterocycles. The average Bonchev–Trinajstić information content (AvgIpc) is 2.66. The topological polar surface area (TPSA) is 46.5 Å².